The molecular weight excluding hydrogens is 387 g/mol. The molecule has 2 fully saturated rings. The maximum atomic E-state index is 14.5. The second-order valence-corrected chi connectivity index (χ2v) is 8.31. The van der Waals surface area contributed by atoms with Crippen molar-refractivity contribution in [1.29, 1.82) is 0 Å². The zero-order chi connectivity index (χ0) is 21.0. The molecule has 3 heterocycles. The van der Waals surface area contributed by atoms with Gasteiger partial charge in [0.15, 0.2) is 5.82 Å². The maximum absolute atomic E-state index is 14.5. The Bertz CT molecular complexity index is 853. The monoisotopic (exact) mass is 416 g/mol. The van der Waals surface area contributed by atoms with Crippen molar-refractivity contribution in [3.8, 4) is 17.1 Å². The highest BCUT2D eigenvalue weighted by molar-refractivity contribution is 5.63. The Hall–Kier alpha value is -2.36. The first-order valence-corrected chi connectivity index (χ1v) is 10.5. The molecule has 0 unspecified atom stereocenters. The summed E-state index contributed by atoms with van der Waals surface area (Å²) in [5.41, 5.74) is 12.6. The number of nitrogens with two attached hydrogens (primary N) is 2. The third kappa shape index (κ3) is 5.21. The average molecular weight is 417 g/mol. The van der Waals surface area contributed by atoms with Gasteiger partial charge in [-0.2, -0.15) is 0 Å². The Kier molecular flexibility index (Phi) is 6.40. The Morgan fingerprint density at radius 1 is 1.17 bits per heavy atom. The van der Waals surface area contributed by atoms with E-state index in [9.17, 15) is 4.39 Å². The summed E-state index contributed by atoms with van der Waals surface area (Å²) < 4.78 is 25.7. The molecule has 0 amide bonds. The molecule has 1 aliphatic carbocycles. The predicted octanol–water partition coefficient (Wildman–Crippen LogP) is 2.25. The van der Waals surface area contributed by atoms with Crippen LogP contribution in [0.4, 0.5) is 10.2 Å². The number of nitrogens with one attached hydrogen (secondary N) is 1. The molecule has 2 aromatic rings. The second kappa shape index (κ2) is 9.20. The molecule has 0 aromatic carbocycles. The van der Waals surface area contributed by atoms with Crippen molar-refractivity contribution in [1.82, 2.24) is 15.0 Å². The lowest BCUT2D eigenvalue weighted by Crippen LogP contribution is -2.49. The number of halogens is 1. The zero-order valence-corrected chi connectivity index (χ0v) is 17.0. The van der Waals surface area contributed by atoms with Gasteiger partial charge < -0.3 is 26.3 Å². The summed E-state index contributed by atoms with van der Waals surface area (Å²) in [6.45, 7) is 1.55. The number of anilines is 1. The first kappa shape index (κ1) is 20.9. The van der Waals surface area contributed by atoms with Gasteiger partial charge in [-0.3, -0.25) is 4.98 Å². The fourth-order valence-corrected chi connectivity index (χ4v) is 3.87. The van der Waals surface area contributed by atoms with Gasteiger partial charge in [-0.15, -0.1) is 0 Å². The topological polar surface area (TPSA) is 121 Å². The first-order valence-electron chi connectivity index (χ1n) is 10.5. The van der Waals surface area contributed by atoms with E-state index in [0.717, 1.165) is 38.5 Å². The molecule has 0 atom stereocenters. The Balaban J connectivity index is 1.46. The van der Waals surface area contributed by atoms with Crippen LogP contribution in [0.2, 0.25) is 0 Å². The van der Waals surface area contributed by atoms with Gasteiger partial charge >= 0.3 is 0 Å². The molecule has 5 N–H and O–H groups in total. The molecule has 0 bridgehead atoms. The minimum atomic E-state index is -0.461. The molecule has 2 aliphatic rings. The van der Waals surface area contributed by atoms with E-state index < -0.39 is 11.4 Å². The standard InChI is InChI=1S/C21H29FN6O2/c22-17-10-26-19(27-15-3-1-14(23)2-4-15)9-16(17)18-11-25-12-20(28-18)30-13-21(24)5-7-29-8-6-21/h9-12,14-15H,1-8,13,23-24H2,(H,26,27)/t14-,15-. The van der Waals surface area contributed by atoms with Crippen molar-refractivity contribution in [2.75, 3.05) is 25.1 Å². The second-order valence-electron chi connectivity index (χ2n) is 8.31. The summed E-state index contributed by atoms with van der Waals surface area (Å²) in [6, 6.07) is 2.23. The summed E-state index contributed by atoms with van der Waals surface area (Å²) in [4.78, 5) is 12.8. The quantitative estimate of drug-likeness (QED) is 0.656. The average Bonchev–Trinajstić information content (AvgIpc) is 2.76. The predicted molar refractivity (Wildman–Crippen MR) is 112 cm³/mol. The highest BCUT2D eigenvalue weighted by Crippen LogP contribution is 2.27. The molecule has 30 heavy (non-hydrogen) atoms. The lowest BCUT2D eigenvalue weighted by Gasteiger charge is -2.32. The van der Waals surface area contributed by atoms with Crippen molar-refractivity contribution in [3.05, 3.63) is 30.5 Å². The van der Waals surface area contributed by atoms with Gasteiger partial charge in [0.05, 0.1) is 29.8 Å². The van der Waals surface area contributed by atoms with E-state index >= 15 is 0 Å². The maximum Gasteiger partial charge on any atom is 0.232 e. The number of ether oxygens (including phenoxy) is 2. The van der Waals surface area contributed by atoms with Crippen LogP contribution in [0.1, 0.15) is 38.5 Å². The summed E-state index contributed by atoms with van der Waals surface area (Å²) in [5, 5.41) is 3.39. The first-order chi connectivity index (χ1) is 14.5. The van der Waals surface area contributed by atoms with Crippen molar-refractivity contribution < 1.29 is 13.9 Å². The highest BCUT2D eigenvalue weighted by atomic mass is 19.1. The number of aromatic nitrogens is 3. The van der Waals surface area contributed by atoms with Crippen LogP contribution in [0, 0.1) is 5.82 Å². The Morgan fingerprint density at radius 3 is 2.70 bits per heavy atom. The minimum Gasteiger partial charge on any atom is -0.475 e. The zero-order valence-electron chi connectivity index (χ0n) is 17.0. The van der Waals surface area contributed by atoms with Crippen LogP contribution in [-0.2, 0) is 4.74 Å². The Labute approximate surface area is 175 Å². The van der Waals surface area contributed by atoms with E-state index in [1.165, 1.54) is 18.6 Å². The molecule has 0 radical (unpaired) electrons. The van der Waals surface area contributed by atoms with Crippen LogP contribution >= 0.6 is 0 Å². The van der Waals surface area contributed by atoms with Gasteiger partial charge in [0.2, 0.25) is 5.88 Å². The molecule has 1 saturated heterocycles. The number of hydrogen-bond donors (Lipinski definition) is 3. The van der Waals surface area contributed by atoms with Gasteiger partial charge in [0.25, 0.3) is 0 Å². The summed E-state index contributed by atoms with van der Waals surface area (Å²) in [7, 11) is 0. The van der Waals surface area contributed by atoms with Crippen LogP contribution < -0.4 is 21.5 Å². The molecule has 1 saturated carbocycles. The normalized spacial score (nSPS) is 23.7. The van der Waals surface area contributed by atoms with Crippen LogP contribution in [-0.4, -0.2) is 52.4 Å². The molecule has 0 spiro atoms. The van der Waals surface area contributed by atoms with Crippen molar-refractivity contribution in [2.24, 2.45) is 11.5 Å². The third-order valence-corrected chi connectivity index (χ3v) is 5.86. The summed E-state index contributed by atoms with van der Waals surface area (Å²) in [6.07, 6.45) is 9.58. The number of hydrogen-bond acceptors (Lipinski definition) is 8. The van der Waals surface area contributed by atoms with Gasteiger partial charge in [-0.25, -0.2) is 14.4 Å². The molecule has 162 valence electrons. The van der Waals surface area contributed by atoms with Gasteiger partial charge in [0.1, 0.15) is 12.4 Å². The van der Waals surface area contributed by atoms with Crippen LogP contribution in [0.3, 0.4) is 0 Å². The van der Waals surface area contributed by atoms with Crippen molar-refractivity contribution in [3.63, 3.8) is 0 Å². The lowest BCUT2D eigenvalue weighted by molar-refractivity contribution is 0.0335. The Morgan fingerprint density at radius 2 is 1.93 bits per heavy atom. The number of rotatable bonds is 6. The molecular formula is C21H29FN6O2. The van der Waals surface area contributed by atoms with Crippen LogP contribution in [0.15, 0.2) is 24.7 Å². The molecule has 8 nitrogen and oxygen atoms in total. The largest absolute Gasteiger partial charge is 0.475 e. The molecule has 4 rings (SSSR count). The van der Waals surface area contributed by atoms with Crippen LogP contribution in [0.5, 0.6) is 5.88 Å². The van der Waals surface area contributed by atoms with E-state index in [0.29, 0.717) is 42.8 Å². The van der Waals surface area contributed by atoms with Crippen molar-refractivity contribution >= 4 is 5.82 Å². The number of nitrogens with zero attached hydrogens (tertiary/aromatic N) is 3. The van der Waals surface area contributed by atoms with Crippen molar-refractivity contribution in [2.45, 2.75) is 56.1 Å². The SMILES string of the molecule is NC1(COc2cncc(-c3cc(N[C@H]4CC[C@H](N)CC4)ncc3F)n2)CCOCC1. The third-order valence-electron chi connectivity index (χ3n) is 5.86. The van der Waals surface area contributed by atoms with E-state index in [-0.39, 0.29) is 12.1 Å². The van der Waals surface area contributed by atoms with E-state index in [1.54, 1.807) is 6.07 Å². The summed E-state index contributed by atoms with van der Waals surface area (Å²) >= 11 is 0. The molecule has 1 aliphatic heterocycles. The lowest BCUT2D eigenvalue weighted by atomic mass is 9.92. The molecule has 2 aromatic heterocycles. The number of pyridine rings is 1. The van der Waals surface area contributed by atoms with Gasteiger partial charge in [-0.05, 0) is 44.6 Å². The smallest absolute Gasteiger partial charge is 0.232 e. The van der Waals surface area contributed by atoms with Crippen LogP contribution in [0.25, 0.3) is 11.3 Å². The highest BCUT2D eigenvalue weighted by Gasteiger charge is 2.29. The van der Waals surface area contributed by atoms with Gasteiger partial charge in [-0.1, -0.05) is 0 Å². The summed E-state index contributed by atoms with van der Waals surface area (Å²) in [5.74, 6) is 0.469. The van der Waals surface area contributed by atoms with E-state index in [2.05, 4.69) is 20.3 Å². The van der Waals surface area contributed by atoms with Gasteiger partial charge in [0, 0.05) is 30.9 Å². The van der Waals surface area contributed by atoms with E-state index in [4.69, 9.17) is 20.9 Å². The van der Waals surface area contributed by atoms with E-state index in [1.807, 2.05) is 0 Å². The fourth-order valence-electron chi connectivity index (χ4n) is 3.87. The minimum absolute atomic E-state index is 0.270. The fraction of sp³-hybridized carbons (Fsp3) is 0.571. The molecule has 9 heteroatoms.